The first kappa shape index (κ1) is 12.6. The highest BCUT2D eigenvalue weighted by molar-refractivity contribution is 5.89. The van der Waals surface area contributed by atoms with Crippen molar-refractivity contribution in [3.8, 4) is 5.75 Å². The van der Waals surface area contributed by atoms with E-state index < -0.39 is 10.9 Å². The van der Waals surface area contributed by atoms with Gasteiger partial charge in [-0.05, 0) is 6.07 Å². The van der Waals surface area contributed by atoms with Gasteiger partial charge in [-0.25, -0.2) is 0 Å². The average molecular weight is 238 g/mol. The molecule has 17 heavy (non-hydrogen) atoms. The van der Waals surface area contributed by atoms with Gasteiger partial charge in [0.25, 0.3) is 0 Å². The highest BCUT2D eigenvalue weighted by Gasteiger charge is 2.17. The average Bonchev–Trinajstić information content (AvgIpc) is 2.15. The summed E-state index contributed by atoms with van der Waals surface area (Å²) in [5.74, 6) is -1.20. The molecule has 0 spiro atoms. The number of hydrogen-bond donors (Lipinski definition) is 1. The van der Waals surface area contributed by atoms with Crippen LogP contribution in [0.15, 0.2) is 18.2 Å². The second-order valence-corrected chi connectivity index (χ2v) is 3.21. The van der Waals surface area contributed by atoms with Crippen molar-refractivity contribution in [3.05, 3.63) is 28.3 Å². The molecule has 0 saturated heterocycles. The lowest BCUT2D eigenvalue weighted by molar-refractivity contribution is -0.385. The largest absolute Gasteiger partial charge is 0.419 e. The van der Waals surface area contributed by atoms with Crippen molar-refractivity contribution in [2.45, 2.75) is 13.8 Å². The maximum atomic E-state index is 10.8. The Hall–Kier alpha value is -2.44. The molecule has 1 amide bonds. The van der Waals surface area contributed by atoms with Gasteiger partial charge in [0.1, 0.15) is 0 Å². The number of nitrogens with one attached hydrogen (secondary N) is 1. The van der Waals surface area contributed by atoms with Crippen molar-refractivity contribution >= 4 is 23.3 Å². The van der Waals surface area contributed by atoms with Crippen LogP contribution in [0, 0.1) is 10.1 Å². The number of carbonyl (C=O) groups is 2. The number of anilines is 1. The van der Waals surface area contributed by atoms with Gasteiger partial charge in [-0.3, -0.25) is 19.7 Å². The summed E-state index contributed by atoms with van der Waals surface area (Å²) in [6.45, 7) is 2.43. The lowest BCUT2D eigenvalue weighted by atomic mass is 10.2. The van der Waals surface area contributed by atoms with Crippen LogP contribution in [0.2, 0.25) is 0 Å². The van der Waals surface area contributed by atoms with Gasteiger partial charge >= 0.3 is 11.7 Å². The highest BCUT2D eigenvalue weighted by atomic mass is 16.6. The van der Waals surface area contributed by atoms with E-state index in [1.165, 1.54) is 19.1 Å². The van der Waals surface area contributed by atoms with E-state index >= 15 is 0 Å². The minimum absolute atomic E-state index is 0.200. The molecule has 0 heterocycles. The molecule has 90 valence electrons. The van der Waals surface area contributed by atoms with E-state index in [9.17, 15) is 19.7 Å². The standard InChI is InChI=1S/C10H10N2O5/c1-6(13)11-8-3-4-9(12(15)16)10(5-8)17-7(2)14/h3-5H,1-2H3,(H,11,13). The Morgan fingerprint density at radius 1 is 1.35 bits per heavy atom. The highest BCUT2D eigenvalue weighted by Crippen LogP contribution is 2.30. The molecule has 0 fully saturated rings. The van der Waals surface area contributed by atoms with Crippen LogP contribution in [0.25, 0.3) is 0 Å². The number of nitro groups is 1. The van der Waals surface area contributed by atoms with Crippen molar-refractivity contribution in [1.82, 2.24) is 0 Å². The molecule has 1 rings (SSSR count). The summed E-state index contributed by atoms with van der Waals surface area (Å²) in [5.41, 5.74) is -0.0198. The number of hydrogen-bond acceptors (Lipinski definition) is 5. The third-order valence-corrected chi connectivity index (χ3v) is 1.73. The summed E-state index contributed by atoms with van der Waals surface area (Å²) >= 11 is 0. The van der Waals surface area contributed by atoms with Crippen LogP contribution in [0.3, 0.4) is 0 Å². The number of carbonyl (C=O) groups excluding carboxylic acids is 2. The van der Waals surface area contributed by atoms with Gasteiger partial charge in [0.05, 0.1) is 4.92 Å². The molecule has 0 atom stereocenters. The molecule has 7 nitrogen and oxygen atoms in total. The molecular formula is C10H10N2O5. The van der Waals surface area contributed by atoms with E-state index in [4.69, 9.17) is 4.74 Å². The van der Waals surface area contributed by atoms with E-state index in [1.54, 1.807) is 0 Å². The van der Waals surface area contributed by atoms with Gasteiger partial charge in [-0.15, -0.1) is 0 Å². The first-order valence-electron chi connectivity index (χ1n) is 4.64. The number of rotatable bonds is 3. The Morgan fingerprint density at radius 3 is 2.47 bits per heavy atom. The molecule has 0 aromatic heterocycles. The molecule has 0 aliphatic carbocycles. The molecule has 0 bridgehead atoms. The smallest absolute Gasteiger partial charge is 0.311 e. The Bertz CT molecular complexity index is 484. The van der Waals surface area contributed by atoms with Crippen LogP contribution < -0.4 is 10.1 Å². The van der Waals surface area contributed by atoms with Gasteiger partial charge in [-0.1, -0.05) is 0 Å². The van der Waals surface area contributed by atoms with Crippen LogP contribution >= 0.6 is 0 Å². The number of amides is 1. The first-order valence-corrected chi connectivity index (χ1v) is 4.64. The van der Waals surface area contributed by atoms with E-state index in [2.05, 4.69) is 5.32 Å². The normalized spacial score (nSPS) is 9.53. The number of benzene rings is 1. The fourth-order valence-electron chi connectivity index (χ4n) is 1.18. The molecule has 0 aliphatic rings. The maximum Gasteiger partial charge on any atom is 0.311 e. The molecule has 0 radical (unpaired) electrons. The molecule has 0 aliphatic heterocycles. The van der Waals surface area contributed by atoms with Gasteiger partial charge in [-0.2, -0.15) is 0 Å². The van der Waals surface area contributed by atoms with Gasteiger partial charge in [0.2, 0.25) is 11.7 Å². The Kier molecular flexibility index (Phi) is 3.76. The lowest BCUT2D eigenvalue weighted by Crippen LogP contribution is -2.08. The number of nitro benzene ring substituents is 1. The zero-order chi connectivity index (χ0) is 13.0. The summed E-state index contributed by atoms with van der Waals surface area (Å²) < 4.78 is 4.70. The predicted molar refractivity (Wildman–Crippen MR) is 58.7 cm³/mol. The second kappa shape index (κ2) is 5.06. The molecular weight excluding hydrogens is 228 g/mol. The zero-order valence-corrected chi connectivity index (χ0v) is 9.22. The minimum atomic E-state index is -0.673. The fourth-order valence-corrected chi connectivity index (χ4v) is 1.18. The Labute approximate surface area is 96.5 Å². The first-order chi connectivity index (χ1) is 7.90. The van der Waals surface area contributed by atoms with Gasteiger partial charge in [0.15, 0.2) is 0 Å². The number of ether oxygens (including phenoxy) is 1. The predicted octanol–water partition coefficient (Wildman–Crippen LogP) is 1.48. The molecule has 7 heteroatoms. The summed E-state index contributed by atoms with van der Waals surface area (Å²) in [6.07, 6.45) is 0. The lowest BCUT2D eigenvalue weighted by Gasteiger charge is -2.06. The van der Waals surface area contributed by atoms with Crippen molar-refractivity contribution in [2.75, 3.05) is 5.32 Å². The van der Waals surface area contributed by atoms with Crippen LogP contribution in [-0.4, -0.2) is 16.8 Å². The molecule has 0 saturated carbocycles. The van der Waals surface area contributed by atoms with E-state index in [-0.39, 0.29) is 17.3 Å². The summed E-state index contributed by atoms with van der Waals surface area (Å²) in [4.78, 5) is 31.6. The van der Waals surface area contributed by atoms with Crippen LogP contribution in [0.5, 0.6) is 5.75 Å². The van der Waals surface area contributed by atoms with Crippen LogP contribution in [-0.2, 0) is 9.59 Å². The molecule has 0 unspecified atom stereocenters. The second-order valence-electron chi connectivity index (χ2n) is 3.21. The van der Waals surface area contributed by atoms with Crippen LogP contribution in [0.4, 0.5) is 11.4 Å². The van der Waals surface area contributed by atoms with E-state index in [0.29, 0.717) is 5.69 Å². The van der Waals surface area contributed by atoms with Gasteiger partial charge < -0.3 is 10.1 Å². The maximum absolute atomic E-state index is 10.8. The fraction of sp³-hybridized carbons (Fsp3) is 0.200. The van der Waals surface area contributed by atoms with Crippen LogP contribution in [0.1, 0.15) is 13.8 Å². The van der Waals surface area contributed by atoms with Gasteiger partial charge in [0, 0.05) is 31.7 Å². The van der Waals surface area contributed by atoms with Crippen molar-refractivity contribution in [1.29, 1.82) is 0 Å². The quantitative estimate of drug-likeness (QED) is 0.372. The molecule has 1 aromatic carbocycles. The third-order valence-electron chi connectivity index (χ3n) is 1.73. The third kappa shape index (κ3) is 3.56. The molecule has 1 aromatic rings. The molecule has 1 N–H and O–H groups in total. The Balaban J connectivity index is 3.13. The summed E-state index contributed by atoms with van der Waals surface area (Å²) in [6, 6.07) is 3.73. The minimum Gasteiger partial charge on any atom is -0.419 e. The topological polar surface area (TPSA) is 98.5 Å². The summed E-state index contributed by atoms with van der Waals surface area (Å²) in [5, 5.41) is 13.1. The zero-order valence-electron chi connectivity index (χ0n) is 9.22. The van der Waals surface area contributed by atoms with Crippen molar-refractivity contribution in [2.24, 2.45) is 0 Å². The monoisotopic (exact) mass is 238 g/mol. The van der Waals surface area contributed by atoms with Crippen molar-refractivity contribution < 1.29 is 19.2 Å². The van der Waals surface area contributed by atoms with Crippen molar-refractivity contribution in [3.63, 3.8) is 0 Å². The Morgan fingerprint density at radius 2 is 2.00 bits per heavy atom. The van der Waals surface area contributed by atoms with E-state index in [1.807, 2.05) is 0 Å². The SMILES string of the molecule is CC(=O)Nc1ccc([N+](=O)[O-])c(OC(C)=O)c1. The number of esters is 1. The summed E-state index contributed by atoms with van der Waals surface area (Å²) in [7, 11) is 0. The number of nitrogens with zero attached hydrogens (tertiary/aromatic N) is 1. The van der Waals surface area contributed by atoms with E-state index in [0.717, 1.165) is 13.0 Å².